The van der Waals surface area contributed by atoms with Crippen molar-refractivity contribution >= 4 is 21.4 Å². The van der Waals surface area contributed by atoms with Crippen molar-refractivity contribution in [2.24, 2.45) is 0 Å². The number of rotatable bonds is 4. The molecule has 2 aliphatic rings. The molecule has 2 heterocycles. The van der Waals surface area contributed by atoms with Gasteiger partial charge in [0.25, 0.3) is 5.91 Å². The van der Waals surface area contributed by atoms with E-state index in [9.17, 15) is 17.6 Å². The van der Waals surface area contributed by atoms with Gasteiger partial charge in [-0.05, 0) is 37.6 Å². The van der Waals surface area contributed by atoms with Gasteiger partial charge in [-0.25, -0.2) is 12.8 Å². The topological polar surface area (TPSA) is 62.1 Å². The first-order valence-corrected chi connectivity index (χ1v) is 10.9. The molecule has 6 nitrogen and oxygen atoms in total. The summed E-state index contributed by atoms with van der Waals surface area (Å²) in [5, 5.41) is 0. The monoisotopic (exact) mass is 384 g/mol. The fourth-order valence-corrected chi connectivity index (χ4v) is 5.65. The number of carbonyl (C=O) groups excluding carboxylic acids is 1. The molecule has 0 spiro atoms. The van der Waals surface area contributed by atoms with Crippen molar-refractivity contribution in [3.05, 3.63) is 30.1 Å². The van der Waals surface area contributed by atoms with Crippen LogP contribution in [0, 0.1) is 5.82 Å². The lowest BCUT2D eigenvalue weighted by atomic mass is 10.1. The number of hydrogen-bond acceptors (Lipinski definition) is 4. The Balaban J connectivity index is 1.55. The number of nitrogens with one attached hydrogen (secondary N) is 1. The molecule has 26 heavy (non-hydrogen) atoms. The Bertz CT molecular complexity index is 745. The lowest BCUT2D eigenvalue weighted by Gasteiger charge is -2.37. The average molecular weight is 384 g/mol. The summed E-state index contributed by atoms with van der Waals surface area (Å²) >= 11 is 0. The highest BCUT2D eigenvalue weighted by molar-refractivity contribution is 7.91. The number of benzene rings is 1. The van der Waals surface area contributed by atoms with Gasteiger partial charge in [-0.2, -0.15) is 0 Å². The van der Waals surface area contributed by atoms with Crippen LogP contribution in [0.3, 0.4) is 0 Å². The van der Waals surface area contributed by atoms with Gasteiger partial charge in [0.15, 0.2) is 15.9 Å². The van der Waals surface area contributed by atoms with Crippen LogP contribution in [-0.2, 0) is 14.6 Å². The van der Waals surface area contributed by atoms with E-state index in [1.807, 2.05) is 6.92 Å². The molecule has 0 radical (unpaired) electrons. The predicted molar refractivity (Wildman–Crippen MR) is 98.6 cm³/mol. The van der Waals surface area contributed by atoms with Gasteiger partial charge in [0, 0.05) is 18.8 Å². The van der Waals surface area contributed by atoms with Crippen LogP contribution in [0.4, 0.5) is 10.1 Å². The molecule has 0 saturated carbocycles. The van der Waals surface area contributed by atoms with Crippen molar-refractivity contribution in [3.8, 4) is 0 Å². The maximum absolute atomic E-state index is 13.1. The third kappa shape index (κ3) is 4.17. The van der Waals surface area contributed by atoms with Crippen molar-refractivity contribution < 1.29 is 22.5 Å². The summed E-state index contributed by atoms with van der Waals surface area (Å²) in [7, 11) is -1.28. The highest BCUT2D eigenvalue weighted by atomic mass is 32.2. The Morgan fingerprint density at radius 1 is 1.27 bits per heavy atom. The lowest BCUT2D eigenvalue weighted by molar-refractivity contribution is -0.915. The first kappa shape index (κ1) is 19.1. The number of likely N-dealkylation sites (N-methyl/N-ethyl adjacent to an activating group) is 1. The van der Waals surface area contributed by atoms with Crippen molar-refractivity contribution in [3.63, 3.8) is 0 Å². The van der Waals surface area contributed by atoms with Crippen molar-refractivity contribution in [2.45, 2.75) is 25.4 Å². The summed E-state index contributed by atoms with van der Waals surface area (Å²) in [6, 6.07) is 6.09. The summed E-state index contributed by atoms with van der Waals surface area (Å²) in [5.74, 6) is 0.0224. The van der Waals surface area contributed by atoms with Crippen LogP contribution in [0.25, 0.3) is 0 Å². The van der Waals surface area contributed by atoms with Crippen LogP contribution >= 0.6 is 0 Å². The van der Waals surface area contributed by atoms with Crippen LogP contribution in [0.5, 0.6) is 0 Å². The van der Waals surface area contributed by atoms with E-state index in [2.05, 4.69) is 4.90 Å². The smallest absolute Gasteiger partial charge is 0.280 e. The van der Waals surface area contributed by atoms with Crippen molar-refractivity contribution in [1.29, 1.82) is 0 Å². The quantitative estimate of drug-likeness (QED) is 0.765. The minimum Gasteiger partial charge on any atom is -0.360 e. The van der Waals surface area contributed by atoms with E-state index in [1.165, 1.54) is 17.0 Å². The maximum atomic E-state index is 13.1. The molecule has 1 N–H and O–H groups in total. The Hall–Kier alpha value is -1.67. The Morgan fingerprint density at radius 2 is 1.88 bits per heavy atom. The van der Waals surface area contributed by atoms with Gasteiger partial charge < -0.3 is 14.7 Å². The first-order chi connectivity index (χ1) is 12.3. The number of piperazine rings is 1. The zero-order valence-electron chi connectivity index (χ0n) is 15.3. The van der Waals surface area contributed by atoms with Crippen LogP contribution in [0.15, 0.2) is 24.3 Å². The molecule has 144 valence electrons. The van der Waals surface area contributed by atoms with E-state index in [0.29, 0.717) is 6.42 Å². The van der Waals surface area contributed by atoms with Gasteiger partial charge in [-0.3, -0.25) is 4.79 Å². The number of anilines is 1. The minimum atomic E-state index is -3.00. The fourth-order valence-electron chi connectivity index (χ4n) is 3.88. The minimum absolute atomic E-state index is 0.0114. The van der Waals surface area contributed by atoms with Gasteiger partial charge in [0.1, 0.15) is 5.82 Å². The van der Waals surface area contributed by atoms with Crippen molar-refractivity contribution in [1.82, 2.24) is 4.90 Å². The summed E-state index contributed by atoms with van der Waals surface area (Å²) in [5.41, 5.74) is 0.998. The first-order valence-electron chi connectivity index (χ1n) is 9.09. The molecule has 0 bridgehead atoms. The maximum Gasteiger partial charge on any atom is 0.280 e. The molecule has 1 aromatic rings. The summed E-state index contributed by atoms with van der Waals surface area (Å²) in [4.78, 5) is 17.8. The van der Waals surface area contributed by atoms with Gasteiger partial charge in [0.2, 0.25) is 0 Å². The molecule has 0 aromatic heterocycles. The molecule has 0 aliphatic carbocycles. The zero-order chi connectivity index (χ0) is 18.9. The van der Waals surface area contributed by atoms with E-state index in [4.69, 9.17) is 0 Å². The molecule has 3 rings (SSSR count). The Labute approximate surface area is 154 Å². The number of hydrogen-bond donors (Lipinski definition) is 1. The fraction of sp³-hybridized carbons (Fsp3) is 0.611. The standard InChI is InChI=1S/C18H26FN3O3S/c1-14(18(23)20(2)17-7-12-26(24,25)13-17)21-8-10-22(11-9-21)16-5-3-15(19)4-6-16/h3-6,14,17H,7-13H2,1-2H3/p+1/t14-,17+/m0/s1. The van der Waals surface area contributed by atoms with Crippen LogP contribution in [-0.4, -0.2) is 76.0 Å². The van der Waals surface area contributed by atoms with Crippen LogP contribution in [0.1, 0.15) is 13.3 Å². The van der Waals surface area contributed by atoms with Gasteiger partial charge in [0.05, 0.1) is 37.7 Å². The van der Waals surface area contributed by atoms with E-state index >= 15 is 0 Å². The number of amides is 1. The van der Waals surface area contributed by atoms with E-state index in [-0.39, 0.29) is 35.3 Å². The molecule has 0 unspecified atom stereocenters. The third-order valence-corrected chi connectivity index (χ3v) is 7.43. The van der Waals surface area contributed by atoms with E-state index < -0.39 is 9.84 Å². The molecule has 2 atom stereocenters. The summed E-state index contributed by atoms with van der Waals surface area (Å²) in [6.45, 7) is 5.17. The van der Waals surface area contributed by atoms with Gasteiger partial charge in [-0.1, -0.05) is 0 Å². The zero-order valence-corrected chi connectivity index (χ0v) is 16.1. The van der Waals surface area contributed by atoms with E-state index in [0.717, 1.165) is 31.9 Å². The lowest BCUT2D eigenvalue weighted by Crippen LogP contribution is -3.19. The summed E-state index contributed by atoms with van der Waals surface area (Å²) in [6.07, 6.45) is 0.533. The molecular weight excluding hydrogens is 357 g/mol. The summed E-state index contributed by atoms with van der Waals surface area (Å²) < 4.78 is 36.4. The van der Waals surface area contributed by atoms with Crippen molar-refractivity contribution in [2.75, 3.05) is 49.6 Å². The van der Waals surface area contributed by atoms with Gasteiger partial charge in [-0.15, -0.1) is 0 Å². The molecule has 2 saturated heterocycles. The molecular formula is C18H27FN3O3S+. The molecule has 2 aliphatic heterocycles. The van der Waals surface area contributed by atoms with Crippen LogP contribution in [0.2, 0.25) is 0 Å². The highest BCUT2D eigenvalue weighted by Gasteiger charge is 2.37. The Kier molecular flexibility index (Phi) is 5.53. The molecule has 1 aromatic carbocycles. The molecule has 1 amide bonds. The number of quaternary nitrogens is 1. The average Bonchev–Trinajstić information content (AvgIpc) is 3.00. The number of nitrogens with zero attached hydrogens (tertiary/aromatic N) is 2. The second-order valence-corrected chi connectivity index (χ2v) is 9.58. The third-order valence-electron chi connectivity index (χ3n) is 5.68. The second kappa shape index (κ2) is 7.52. The van der Waals surface area contributed by atoms with E-state index in [1.54, 1.807) is 24.1 Å². The highest BCUT2D eigenvalue weighted by Crippen LogP contribution is 2.17. The second-order valence-electron chi connectivity index (χ2n) is 7.35. The number of sulfone groups is 1. The Morgan fingerprint density at radius 3 is 2.42 bits per heavy atom. The normalized spacial score (nSPS) is 24.4. The largest absolute Gasteiger partial charge is 0.360 e. The predicted octanol–water partition coefficient (Wildman–Crippen LogP) is -0.435. The van der Waals surface area contributed by atoms with Crippen LogP contribution < -0.4 is 9.80 Å². The molecule has 8 heteroatoms. The van der Waals surface area contributed by atoms with Gasteiger partial charge >= 0.3 is 0 Å². The molecule has 2 fully saturated rings. The number of carbonyl (C=O) groups is 1. The number of halogens is 1. The SMILES string of the molecule is C[C@@H](C(=O)N(C)[C@@H]1CCS(=O)(=O)C1)[NH+]1CCN(c2ccc(F)cc2)CC1.